The van der Waals surface area contributed by atoms with Crippen LogP contribution in [0.3, 0.4) is 0 Å². The number of nitrogens with zero attached hydrogens (tertiary/aromatic N) is 1. The second-order valence-electron chi connectivity index (χ2n) is 7.70. The summed E-state index contributed by atoms with van der Waals surface area (Å²) in [5, 5.41) is 14.7. The lowest BCUT2D eigenvalue weighted by Gasteiger charge is -2.21. The largest absolute Gasteiger partial charge is 0.478 e. The third kappa shape index (κ3) is 4.27. The Morgan fingerprint density at radius 2 is 1.63 bits per heavy atom. The van der Waals surface area contributed by atoms with Crippen molar-refractivity contribution in [3.8, 4) is 22.3 Å². The summed E-state index contributed by atoms with van der Waals surface area (Å²) in [6, 6.07) is 19.6. The molecular formula is C27H18FNO5S. The first-order chi connectivity index (χ1) is 16.9. The fourth-order valence-corrected chi connectivity index (χ4v) is 4.54. The Balaban J connectivity index is 1.61. The Kier molecular flexibility index (Phi) is 5.80. The summed E-state index contributed by atoms with van der Waals surface area (Å²) in [5.41, 5.74) is 3.71. The average molecular weight is 488 g/mol. The van der Waals surface area contributed by atoms with Crippen molar-refractivity contribution in [1.29, 1.82) is 0 Å². The molecular weight excluding hydrogens is 469 g/mol. The van der Waals surface area contributed by atoms with Gasteiger partial charge in [-0.2, -0.15) is 11.3 Å². The lowest BCUT2D eigenvalue weighted by Crippen LogP contribution is -2.27. The highest BCUT2D eigenvalue weighted by Crippen LogP contribution is 2.37. The Morgan fingerprint density at radius 1 is 0.914 bits per heavy atom. The number of benzene rings is 3. The summed E-state index contributed by atoms with van der Waals surface area (Å²) in [6.07, 6.45) is -0.806. The first-order valence-electron chi connectivity index (χ1n) is 10.5. The van der Waals surface area contributed by atoms with Crippen LogP contribution in [0, 0.1) is 5.82 Å². The Bertz CT molecular complexity index is 1540. The molecule has 0 aliphatic carbocycles. The number of methoxy groups -OCH3 is 1. The monoisotopic (exact) mass is 487 g/mol. The maximum absolute atomic E-state index is 13.3. The summed E-state index contributed by atoms with van der Waals surface area (Å²) in [6.45, 7) is 0. The number of amides is 1. The highest BCUT2D eigenvalue weighted by atomic mass is 32.1. The van der Waals surface area contributed by atoms with Gasteiger partial charge in [-0.15, -0.1) is 0 Å². The van der Waals surface area contributed by atoms with Gasteiger partial charge >= 0.3 is 12.1 Å². The molecule has 8 heteroatoms. The van der Waals surface area contributed by atoms with Crippen LogP contribution in [-0.2, 0) is 4.74 Å². The van der Waals surface area contributed by atoms with E-state index in [0.717, 1.165) is 21.4 Å². The zero-order valence-electron chi connectivity index (χ0n) is 18.4. The molecule has 0 radical (unpaired) electrons. The SMILES string of the molecule is COC(=O)N(c1cc2cc(-c3ccsc3)ccc2o1)c1ccc(-c2ccc(F)cc2)cc1C(=O)O. The number of hydrogen-bond donors (Lipinski definition) is 1. The van der Waals surface area contributed by atoms with Crippen LogP contribution < -0.4 is 4.90 Å². The molecule has 0 bridgehead atoms. The van der Waals surface area contributed by atoms with Gasteiger partial charge in [-0.1, -0.05) is 24.3 Å². The van der Waals surface area contributed by atoms with E-state index in [9.17, 15) is 19.1 Å². The van der Waals surface area contributed by atoms with Crippen molar-refractivity contribution in [2.75, 3.05) is 12.0 Å². The van der Waals surface area contributed by atoms with E-state index in [2.05, 4.69) is 0 Å². The molecule has 0 atom stereocenters. The maximum atomic E-state index is 13.3. The molecule has 35 heavy (non-hydrogen) atoms. The summed E-state index contributed by atoms with van der Waals surface area (Å²) >= 11 is 1.59. The molecule has 0 spiro atoms. The molecule has 0 aliphatic rings. The van der Waals surface area contributed by atoms with Gasteiger partial charge in [-0.05, 0) is 75.5 Å². The van der Waals surface area contributed by atoms with Crippen LogP contribution >= 0.6 is 11.3 Å². The number of fused-ring (bicyclic) bond motifs is 1. The predicted molar refractivity (Wildman–Crippen MR) is 133 cm³/mol. The number of ether oxygens (including phenoxy) is 1. The van der Waals surface area contributed by atoms with Gasteiger partial charge in [0.15, 0.2) is 0 Å². The van der Waals surface area contributed by atoms with Crippen LogP contribution in [0.25, 0.3) is 33.2 Å². The Morgan fingerprint density at radius 3 is 2.31 bits per heavy atom. The molecule has 0 aliphatic heterocycles. The van der Waals surface area contributed by atoms with Gasteiger partial charge in [-0.3, -0.25) is 0 Å². The standard InChI is InChI=1S/C27H18FNO5S/c1-33-27(32)29(25-14-20-12-17(5-9-24(20)34-25)19-10-11-35-15-19)23-8-4-18(13-22(23)26(30)31)16-2-6-21(28)7-3-16/h2-15H,1H3,(H,30,31). The fraction of sp³-hybridized carbons (Fsp3) is 0.0370. The number of hydrogen-bond acceptors (Lipinski definition) is 5. The van der Waals surface area contributed by atoms with E-state index in [1.807, 2.05) is 29.0 Å². The van der Waals surface area contributed by atoms with Crippen molar-refractivity contribution in [2.45, 2.75) is 0 Å². The molecule has 0 saturated heterocycles. The van der Waals surface area contributed by atoms with Crippen LogP contribution in [0.4, 0.5) is 20.8 Å². The number of aromatic carboxylic acids is 1. The molecule has 174 valence electrons. The minimum atomic E-state index is -1.24. The molecule has 6 nitrogen and oxygen atoms in total. The number of thiophene rings is 1. The van der Waals surface area contributed by atoms with Crippen molar-refractivity contribution in [3.63, 3.8) is 0 Å². The number of carbonyl (C=O) groups is 2. The average Bonchev–Trinajstić information content (AvgIpc) is 3.54. The van der Waals surface area contributed by atoms with Gasteiger partial charge in [0.05, 0.1) is 18.4 Å². The second kappa shape index (κ2) is 9.08. The highest BCUT2D eigenvalue weighted by Gasteiger charge is 2.27. The molecule has 0 saturated carbocycles. The third-order valence-electron chi connectivity index (χ3n) is 5.58. The zero-order chi connectivity index (χ0) is 24.5. The molecule has 2 heterocycles. The van der Waals surface area contributed by atoms with Crippen molar-refractivity contribution in [2.24, 2.45) is 0 Å². The van der Waals surface area contributed by atoms with Crippen molar-refractivity contribution < 1.29 is 28.2 Å². The fourth-order valence-electron chi connectivity index (χ4n) is 3.87. The van der Waals surface area contributed by atoms with E-state index in [1.54, 1.807) is 41.7 Å². The Hall–Kier alpha value is -4.43. The number of carboxylic acid groups (broad SMARTS) is 1. The zero-order valence-corrected chi connectivity index (χ0v) is 19.2. The summed E-state index contributed by atoms with van der Waals surface area (Å²) in [7, 11) is 1.21. The van der Waals surface area contributed by atoms with E-state index in [4.69, 9.17) is 9.15 Å². The summed E-state index contributed by atoms with van der Waals surface area (Å²) in [5.74, 6) is -1.52. The minimum Gasteiger partial charge on any atom is -0.478 e. The van der Waals surface area contributed by atoms with Crippen LogP contribution in [0.2, 0.25) is 0 Å². The molecule has 0 fully saturated rings. The maximum Gasteiger partial charge on any atom is 0.421 e. The smallest absolute Gasteiger partial charge is 0.421 e. The van der Waals surface area contributed by atoms with Gasteiger partial charge < -0.3 is 14.3 Å². The number of furan rings is 1. The molecule has 1 amide bonds. The van der Waals surface area contributed by atoms with E-state index in [0.29, 0.717) is 16.7 Å². The van der Waals surface area contributed by atoms with E-state index < -0.39 is 17.9 Å². The molecule has 2 aromatic heterocycles. The number of carbonyl (C=O) groups excluding carboxylic acids is 1. The number of halogens is 1. The first-order valence-corrected chi connectivity index (χ1v) is 11.5. The predicted octanol–water partition coefficient (Wildman–Crippen LogP) is 7.57. The minimum absolute atomic E-state index is 0.0762. The molecule has 3 aromatic carbocycles. The summed E-state index contributed by atoms with van der Waals surface area (Å²) < 4.78 is 24.2. The van der Waals surface area contributed by atoms with Crippen LogP contribution in [0.1, 0.15) is 10.4 Å². The van der Waals surface area contributed by atoms with E-state index in [-0.39, 0.29) is 17.1 Å². The second-order valence-corrected chi connectivity index (χ2v) is 8.48. The number of anilines is 2. The van der Waals surface area contributed by atoms with Gasteiger partial charge in [0.1, 0.15) is 11.4 Å². The lowest BCUT2D eigenvalue weighted by atomic mass is 10.0. The number of rotatable bonds is 5. The van der Waals surface area contributed by atoms with Gasteiger partial charge in [0.25, 0.3) is 0 Å². The summed E-state index contributed by atoms with van der Waals surface area (Å²) in [4.78, 5) is 26.1. The van der Waals surface area contributed by atoms with Crippen molar-refractivity contribution in [1.82, 2.24) is 0 Å². The van der Waals surface area contributed by atoms with E-state index >= 15 is 0 Å². The molecule has 5 aromatic rings. The van der Waals surface area contributed by atoms with Crippen molar-refractivity contribution in [3.05, 3.63) is 94.9 Å². The van der Waals surface area contributed by atoms with E-state index in [1.165, 1.54) is 31.4 Å². The normalized spacial score (nSPS) is 10.9. The molecule has 1 N–H and O–H groups in total. The number of carboxylic acids is 1. The highest BCUT2D eigenvalue weighted by molar-refractivity contribution is 7.08. The van der Waals surface area contributed by atoms with Crippen LogP contribution in [0.15, 0.2) is 88.0 Å². The van der Waals surface area contributed by atoms with Gasteiger partial charge in [0.2, 0.25) is 5.88 Å². The van der Waals surface area contributed by atoms with Gasteiger partial charge in [-0.25, -0.2) is 18.9 Å². The molecule has 0 unspecified atom stereocenters. The topological polar surface area (TPSA) is 80.0 Å². The lowest BCUT2D eigenvalue weighted by molar-refractivity contribution is 0.0698. The Labute approximate surface area is 203 Å². The third-order valence-corrected chi connectivity index (χ3v) is 6.26. The van der Waals surface area contributed by atoms with Crippen LogP contribution in [0.5, 0.6) is 0 Å². The van der Waals surface area contributed by atoms with Crippen LogP contribution in [-0.4, -0.2) is 24.3 Å². The quantitative estimate of drug-likeness (QED) is 0.277. The molecule has 5 rings (SSSR count). The van der Waals surface area contributed by atoms with Gasteiger partial charge in [0, 0.05) is 11.5 Å². The van der Waals surface area contributed by atoms with Crippen molar-refractivity contribution >= 4 is 45.9 Å². The first kappa shape index (κ1) is 22.4.